The van der Waals surface area contributed by atoms with Gasteiger partial charge in [-0.3, -0.25) is 23.3 Å². The van der Waals surface area contributed by atoms with Crippen molar-refractivity contribution < 1.29 is 9.13 Å². The lowest BCUT2D eigenvalue weighted by Gasteiger charge is -2.28. The minimum absolute atomic E-state index is 0.0935. The number of aryl methyl sites for hydroxylation is 1. The lowest BCUT2D eigenvalue weighted by atomic mass is 10.1. The summed E-state index contributed by atoms with van der Waals surface area (Å²) in [7, 11) is 2.88. The Morgan fingerprint density at radius 1 is 1.03 bits per heavy atom. The number of nitrogens with one attached hydrogen (secondary N) is 2. The Bertz CT molecular complexity index is 1700. The molecule has 9 nitrogen and oxygen atoms in total. The van der Waals surface area contributed by atoms with Crippen molar-refractivity contribution in [2.45, 2.75) is 13.0 Å². The summed E-state index contributed by atoms with van der Waals surface area (Å²) < 4.78 is 24.2. The maximum atomic E-state index is 14.7. The lowest BCUT2D eigenvalue weighted by molar-refractivity contribution is 0.0211. The third kappa shape index (κ3) is 4.01. The molecule has 2 N–H and O–H groups in total. The van der Waals surface area contributed by atoms with E-state index in [-0.39, 0.29) is 34.0 Å². The molecule has 2 aromatic heterocycles. The number of anilines is 3. The van der Waals surface area contributed by atoms with Crippen LogP contribution < -0.4 is 27.4 Å². The molecule has 0 spiro atoms. The normalized spacial score (nSPS) is 13.6. The number of hydrogen-bond donors (Lipinski definition) is 2. The van der Waals surface area contributed by atoms with Crippen molar-refractivity contribution in [2.24, 2.45) is 14.1 Å². The Labute approximate surface area is 218 Å². The summed E-state index contributed by atoms with van der Waals surface area (Å²) in [5, 5.41) is 6.37. The van der Waals surface area contributed by atoms with Gasteiger partial charge in [-0.25, -0.2) is 9.18 Å². The molecule has 4 aromatic rings. The number of rotatable bonds is 5. The Morgan fingerprint density at radius 2 is 1.78 bits per heavy atom. The molecule has 0 radical (unpaired) electrons. The van der Waals surface area contributed by atoms with Gasteiger partial charge >= 0.3 is 5.69 Å². The van der Waals surface area contributed by atoms with E-state index in [0.717, 1.165) is 10.3 Å². The fourth-order valence-electron chi connectivity index (χ4n) is 4.30. The van der Waals surface area contributed by atoms with Crippen LogP contribution in [-0.4, -0.2) is 33.0 Å². The molecule has 1 fully saturated rings. The van der Waals surface area contributed by atoms with Gasteiger partial charge in [0.25, 0.3) is 11.1 Å². The number of nitrogens with zero attached hydrogens (tertiary/aromatic N) is 3. The summed E-state index contributed by atoms with van der Waals surface area (Å²) in [5.41, 5.74) is 0.135. The van der Waals surface area contributed by atoms with Crippen LogP contribution in [0.15, 0.2) is 56.8 Å². The molecule has 0 bridgehead atoms. The Morgan fingerprint density at radius 3 is 2.44 bits per heavy atom. The average molecular weight is 603 g/mol. The molecule has 3 heterocycles. The molecule has 5 rings (SSSR count). The van der Waals surface area contributed by atoms with E-state index in [9.17, 15) is 18.8 Å². The molecule has 1 aliphatic rings. The summed E-state index contributed by atoms with van der Waals surface area (Å²) in [4.78, 5) is 40.1. The van der Waals surface area contributed by atoms with E-state index in [0.29, 0.717) is 22.5 Å². The van der Waals surface area contributed by atoms with Crippen molar-refractivity contribution >= 4 is 50.7 Å². The van der Waals surface area contributed by atoms with Crippen LogP contribution in [0.5, 0.6) is 0 Å². The minimum Gasteiger partial charge on any atom is -0.378 e. The fourth-order valence-corrected chi connectivity index (χ4v) is 4.75. The fraction of sp³-hybridized carbons (Fsp3) is 0.240. The number of fused-ring (bicyclic) bond motifs is 1. The Balaban J connectivity index is 1.81. The number of aromatic nitrogens is 3. The molecule has 1 saturated heterocycles. The van der Waals surface area contributed by atoms with E-state index in [1.807, 2.05) is 28.7 Å². The Hall–Kier alpha value is -3.45. The van der Waals surface area contributed by atoms with Gasteiger partial charge in [0, 0.05) is 28.9 Å². The van der Waals surface area contributed by atoms with Crippen LogP contribution in [-0.2, 0) is 18.8 Å². The molecule has 0 saturated carbocycles. The van der Waals surface area contributed by atoms with Gasteiger partial charge in [0.05, 0.1) is 36.1 Å². The largest absolute Gasteiger partial charge is 0.378 e. The molecule has 0 unspecified atom stereocenters. The average Bonchev–Trinajstić information content (AvgIpc) is 2.83. The monoisotopic (exact) mass is 603 g/mol. The molecule has 1 aliphatic heterocycles. The first kappa shape index (κ1) is 24.3. The van der Waals surface area contributed by atoms with E-state index in [2.05, 4.69) is 10.6 Å². The van der Waals surface area contributed by atoms with Gasteiger partial charge < -0.3 is 15.4 Å². The molecule has 0 amide bonds. The third-order valence-corrected chi connectivity index (χ3v) is 6.98. The molecular formula is C25H23FIN5O4. The zero-order valence-electron chi connectivity index (χ0n) is 19.8. The van der Waals surface area contributed by atoms with E-state index in [4.69, 9.17) is 4.74 Å². The SMILES string of the molecule is Cc1c(=O)n(C)c(Nc2ccc(I)cc2F)c2c(=O)n(C)c(=O)n(-c3cccc(NC4COC4)c3)c12. The van der Waals surface area contributed by atoms with Crippen molar-refractivity contribution in [1.82, 2.24) is 13.7 Å². The molecule has 186 valence electrons. The molecule has 36 heavy (non-hydrogen) atoms. The second kappa shape index (κ2) is 9.21. The van der Waals surface area contributed by atoms with Crippen molar-refractivity contribution in [3.05, 3.63) is 88.6 Å². The van der Waals surface area contributed by atoms with Crippen LogP contribution in [0.4, 0.5) is 21.6 Å². The second-order valence-corrected chi connectivity index (χ2v) is 9.97. The summed E-state index contributed by atoms with van der Waals surface area (Å²) >= 11 is 2.00. The van der Waals surface area contributed by atoms with Crippen LogP contribution in [0.2, 0.25) is 0 Å². The number of hydrogen-bond acceptors (Lipinski definition) is 6. The topological polar surface area (TPSA) is 99.3 Å². The highest BCUT2D eigenvalue weighted by molar-refractivity contribution is 14.1. The highest BCUT2D eigenvalue weighted by atomic mass is 127. The third-order valence-electron chi connectivity index (χ3n) is 6.31. The molecule has 0 aliphatic carbocycles. The highest BCUT2D eigenvalue weighted by Gasteiger charge is 2.23. The van der Waals surface area contributed by atoms with Gasteiger partial charge in [0.2, 0.25) is 0 Å². The molecule has 0 atom stereocenters. The van der Waals surface area contributed by atoms with Crippen LogP contribution >= 0.6 is 22.6 Å². The number of benzene rings is 2. The lowest BCUT2D eigenvalue weighted by Crippen LogP contribution is -2.40. The zero-order chi connectivity index (χ0) is 25.7. The van der Waals surface area contributed by atoms with Gasteiger partial charge in [-0.1, -0.05) is 6.07 Å². The van der Waals surface area contributed by atoms with Gasteiger partial charge in [-0.05, 0) is 65.9 Å². The maximum Gasteiger partial charge on any atom is 0.335 e. The highest BCUT2D eigenvalue weighted by Crippen LogP contribution is 2.28. The Kier molecular flexibility index (Phi) is 6.20. The predicted octanol–water partition coefficient (Wildman–Crippen LogP) is 2.99. The van der Waals surface area contributed by atoms with Gasteiger partial charge in [-0.2, -0.15) is 0 Å². The van der Waals surface area contributed by atoms with Crippen LogP contribution in [0.3, 0.4) is 0 Å². The van der Waals surface area contributed by atoms with E-state index in [1.54, 1.807) is 31.2 Å². The van der Waals surface area contributed by atoms with Crippen molar-refractivity contribution in [3.63, 3.8) is 0 Å². The summed E-state index contributed by atoms with van der Waals surface area (Å²) in [6.07, 6.45) is 0. The van der Waals surface area contributed by atoms with Gasteiger partial charge in [0.1, 0.15) is 17.0 Å². The quantitative estimate of drug-likeness (QED) is 0.341. The minimum atomic E-state index is -0.598. The summed E-state index contributed by atoms with van der Waals surface area (Å²) in [6.45, 7) is 2.75. The molecule has 11 heteroatoms. The zero-order valence-corrected chi connectivity index (χ0v) is 21.9. The summed E-state index contributed by atoms with van der Waals surface area (Å²) in [6, 6.07) is 11.9. The second-order valence-electron chi connectivity index (χ2n) is 8.72. The maximum absolute atomic E-state index is 14.7. The van der Waals surface area contributed by atoms with E-state index < -0.39 is 22.6 Å². The first-order valence-electron chi connectivity index (χ1n) is 11.2. The standard InChI is InChI=1S/C25H23FIN5O4/c1-13-21-20(22(30(2)23(13)33)29-19-8-7-14(27)9-18(19)26)24(34)31(3)25(35)32(21)17-6-4-5-15(10-17)28-16-11-36-12-16/h4-10,16,28-29H,11-12H2,1-3H3. The van der Waals surface area contributed by atoms with Crippen molar-refractivity contribution in [1.29, 1.82) is 0 Å². The summed E-state index contributed by atoms with van der Waals surface area (Å²) in [5.74, 6) is -0.442. The van der Waals surface area contributed by atoms with Crippen molar-refractivity contribution in [2.75, 3.05) is 23.8 Å². The number of pyridine rings is 1. The predicted molar refractivity (Wildman–Crippen MR) is 145 cm³/mol. The number of halogens is 2. The van der Waals surface area contributed by atoms with Crippen LogP contribution in [0.25, 0.3) is 16.6 Å². The van der Waals surface area contributed by atoms with E-state index in [1.165, 1.54) is 35.4 Å². The first-order chi connectivity index (χ1) is 17.2. The van der Waals surface area contributed by atoms with Gasteiger partial charge in [0.15, 0.2) is 0 Å². The van der Waals surface area contributed by atoms with Crippen LogP contribution in [0.1, 0.15) is 5.56 Å². The van der Waals surface area contributed by atoms with Gasteiger partial charge in [-0.15, -0.1) is 0 Å². The smallest absolute Gasteiger partial charge is 0.335 e. The molecular weight excluding hydrogens is 580 g/mol. The van der Waals surface area contributed by atoms with Crippen molar-refractivity contribution in [3.8, 4) is 5.69 Å². The first-order valence-corrected chi connectivity index (χ1v) is 12.3. The molecule has 2 aromatic carbocycles. The number of ether oxygens (including phenoxy) is 1. The van der Waals surface area contributed by atoms with E-state index >= 15 is 0 Å². The van der Waals surface area contributed by atoms with Crippen LogP contribution in [0, 0.1) is 16.3 Å².